The molecule has 0 saturated heterocycles. The third-order valence-corrected chi connectivity index (χ3v) is 8.20. The topological polar surface area (TPSA) is 107 Å². The van der Waals surface area contributed by atoms with E-state index in [4.69, 9.17) is 14.9 Å². The number of benzene rings is 3. The van der Waals surface area contributed by atoms with Crippen LogP contribution in [0.15, 0.2) is 59.0 Å². The molecule has 4 aromatic rings. The van der Waals surface area contributed by atoms with E-state index >= 15 is 0 Å². The third-order valence-electron chi connectivity index (χ3n) is 8.20. The summed E-state index contributed by atoms with van der Waals surface area (Å²) in [5.74, 6) is 0.468. The molecule has 0 aliphatic heterocycles. The molecule has 0 atom stereocenters. The SMILES string of the molecule is CNC(=O)c1c(-c2ccc(F)cc2)oc2cc(N)c(-c3ccc(OC)c(C(=O)NC45CCC4CC5)c3)cc12. The molecule has 0 radical (unpaired) electrons. The Labute approximate surface area is 219 Å². The molecule has 7 nitrogen and oxygen atoms in total. The first kappa shape index (κ1) is 24.0. The summed E-state index contributed by atoms with van der Waals surface area (Å²) in [6.45, 7) is 0. The minimum Gasteiger partial charge on any atom is -0.496 e. The fourth-order valence-corrected chi connectivity index (χ4v) is 5.80. The second-order valence-corrected chi connectivity index (χ2v) is 10.1. The quantitative estimate of drug-likeness (QED) is 0.294. The number of hydrogen-bond donors (Lipinski definition) is 3. The van der Waals surface area contributed by atoms with Crippen molar-refractivity contribution < 1.29 is 23.1 Å². The number of carbonyl (C=O) groups is 2. The second-order valence-electron chi connectivity index (χ2n) is 10.1. The maximum absolute atomic E-state index is 13.5. The molecule has 2 aliphatic carbocycles. The first-order valence-electron chi connectivity index (χ1n) is 12.7. The Bertz CT molecular complexity index is 1580. The number of hydrogen-bond acceptors (Lipinski definition) is 5. The van der Waals surface area contributed by atoms with Gasteiger partial charge >= 0.3 is 0 Å². The van der Waals surface area contributed by atoms with E-state index in [2.05, 4.69) is 10.6 Å². The van der Waals surface area contributed by atoms with Gasteiger partial charge in [0.2, 0.25) is 0 Å². The van der Waals surface area contributed by atoms with Crippen LogP contribution in [0.1, 0.15) is 46.4 Å². The maximum Gasteiger partial charge on any atom is 0.255 e. The highest BCUT2D eigenvalue weighted by Crippen LogP contribution is 2.54. The molecule has 1 aromatic heterocycles. The zero-order chi connectivity index (χ0) is 26.6. The van der Waals surface area contributed by atoms with E-state index in [1.54, 1.807) is 36.4 Å². The molecule has 0 spiro atoms. The van der Waals surface area contributed by atoms with Crippen molar-refractivity contribution in [2.45, 2.75) is 31.2 Å². The third kappa shape index (κ3) is 3.70. The van der Waals surface area contributed by atoms with Crippen LogP contribution in [0.4, 0.5) is 10.1 Å². The Morgan fingerprint density at radius 3 is 2.34 bits per heavy atom. The lowest BCUT2D eigenvalue weighted by Crippen LogP contribution is -2.66. The largest absolute Gasteiger partial charge is 0.496 e. The smallest absolute Gasteiger partial charge is 0.255 e. The summed E-state index contributed by atoms with van der Waals surface area (Å²) in [6.07, 6.45) is 4.33. The molecule has 2 amide bonds. The summed E-state index contributed by atoms with van der Waals surface area (Å²) in [7, 11) is 3.08. The Hall–Kier alpha value is -4.33. The molecule has 1 heterocycles. The Balaban J connectivity index is 1.45. The first-order chi connectivity index (χ1) is 18.3. The lowest BCUT2D eigenvalue weighted by atomic mass is 9.53. The number of fused-ring (bicyclic) bond motifs is 2. The number of amides is 2. The van der Waals surface area contributed by atoms with Crippen LogP contribution in [-0.2, 0) is 0 Å². The van der Waals surface area contributed by atoms with Gasteiger partial charge in [-0.2, -0.15) is 0 Å². The van der Waals surface area contributed by atoms with Crippen LogP contribution in [0.2, 0.25) is 0 Å². The maximum atomic E-state index is 13.5. The number of methoxy groups -OCH3 is 1. The van der Waals surface area contributed by atoms with Crippen molar-refractivity contribution in [3.63, 3.8) is 0 Å². The minimum absolute atomic E-state index is 0.0774. The van der Waals surface area contributed by atoms with Gasteiger partial charge in [-0.25, -0.2) is 4.39 Å². The van der Waals surface area contributed by atoms with Gasteiger partial charge in [-0.15, -0.1) is 0 Å². The predicted octanol–water partition coefficient (Wildman–Crippen LogP) is 5.53. The van der Waals surface area contributed by atoms with E-state index in [9.17, 15) is 14.0 Å². The lowest BCUT2D eigenvalue weighted by Gasteiger charge is -2.58. The standard InChI is InChI=1S/C30H28FN3O4/c1-33-29(36)26-21-14-20(23(32)15-25(21)38-27(26)16-3-6-19(31)7-4-16)17-5-8-24(37-2)22(13-17)28(35)34-30-11-9-18(30)10-12-30/h3-8,13-15,18H,9-12,32H2,1-2H3,(H,33,36)(H,34,35). The van der Waals surface area contributed by atoms with Crippen LogP contribution in [0.5, 0.6) is 5.75 Å². The van der Waals surface area contributed by atoms with Gasteiger partial charge in [-0.05, 0) is 79.6 Å². The molecule has 0 bridgehead atoms. The molecule has 194 valence electrons. The fraction of sp³-hybridized carbons (Fsp3) is 0.267. The van der Waals surface area contributed by atoms with E-state index < -0.39 is 0 Å². The van der Waals surface area contributed by atoms with Crippen molar-refractivity contribution in [3.05, 3.63) is 71.5 Å². The number of halogens is 1. The fourth-order valence-electron chi connectivity index (χ4n) is 5.80. The number of rotatable bonds is 6. The molecule has 2 aliphatic rings. The summed E-state index contributed by atoms with van der Waals surface area (Å²) < 4.78 is 25.1. The molecule has 38 heavy (non-hydrogen) atoms. The van der Waals surface area contributed by atoms with Gasteiger partial charge in [0.15, 0.2) is 0 Å². The van der Waals surface area contributed by atoms with Crippen molar-refractivity contribution in [2.75, 3.05) is 19.9 Å². The van der Waals surface area contributed by atoms with Crippen LogP contribution in [0.3, 0.4) is 0 Å². The van der Waals surface area contributed by atoms with Crippen LogP contribution in [0.25, 0.3) is 33.4 Å². The highest BCUT2D eigenvalue weighted by molar-refractivity contribution is 6.13. The van der Waals surface area contributed by atoms with E-state index in [1.165, 1.54) is 26.3 Å². The number of furan rings is 1. The molecular weight excluding hydrogens is 485 g/mol. The van der Waals surface area contributed by atoms with Crippen LogP contribution in [0, 0.1) is 11.7 Å². The Kier molecular flexibility index (Phi) is 5.63. The molecule has 3 aromatic carbocycles. The summed E-state index contributed by atoms with van der Waals surface area (Å²) in [5.41, 5.74) is 9.91. The van der Waals surface area contributed by atoms with E-state index in [0.29, 0.717) is 61.9 Å². The van der Waals surface area contributed by atoms with Crippen molar-refractivity contribution in [3.8, 4) is 28.2 Å². The number of carbonyl (C=O) groups excluding carboxylic acids is 2. The number of ether oxygens (including phenoxy) is 1. The van der Waals surface area contributed by atoms with Crippen LogP contribution >= 0.6 is 0 Å². The van der Waals surface area contributed by atoms with E-state index in [-0.39, 0.29) is 23.2 Å². The van der Waals surface area contributed by atoms with Gasteiger partial charge in [0.1, 0.15) is 22.9 Å². The zero-order valence-corrected chi connectivity index (χ0v) is 21.2. The predicted molar refractivity (Wildman–Crippen MR) is 144 cm³/mol. The van der Waals surface area contributed by atoms with Crippen LogP contribution < -0.4 is 21.1 Å². The van der Waals surface area contributed by atoms with Gasteiger partial charge in [0.05, 0.1) is 18.2 Å². The number of anilines is 1. The average Bonchev–Trinajstić information content (AvgIpc) is 3.29. The van der Waals surface area contributed by atoms with Crippen molar-refractivity contribution in [1.29, 1.82) is 0 Å². The van der Waals surface area contributed by atoms with E-state index in [1.807, 2.05) is 6.07 Å². The van der Waals surface area contributed by atoms with Gasteiger partial charge in [0, 0.05) is 40.9 Å². The minimum atomic E-state index is -0.387. The molecular formula is C30H28FN3O4. The molecule has 2 fully saturated rings. The number of nitrogens with one attached hydrogen (secondary N) is 2. The highest BCUT2D eigenvalue weighted by Gasteiger charge is 2.54. The molecule has 0 unspecified atom stereocenters. The Morgan fingerprint density at radius 1 is 1.03 bits per heavy atom. The number of nitrogen functional groups attached to an aromatic ring is 1. The van der Waals surface area contributed by atoms with Crippen molar-refractivity contribution in [1.82, 2.24) is 10.6 Å². The summed E-state index contributed by atoms with van der Waals surface area (Å²) in [4.78, 5) is 26.3. The van der Waals surface area contributed by atoms with Crippen molar-refractivity contribution >= 4 is 28.5 Å². The van der Waals surface area contributed by atoms with Gasteiger partial charge in [0.25, 0.3) is 11.8 Å². The van der Waals surface area contributed by atoms with Gasteiger partial charge in [-0.1, -0.05) is 6.07 Å². The Morgan fingerprint density at radius 2 is 1.74 bits per heavy atom. The summed E-state index contributed by atoms with van der Waals surface area (Å²) >= 11 is 0. The monoisotopic (exact) mass is 513 g/mol. The normalized spacial score (nSPS) is 19.7. The molecule has 8 heteroatoms. The summed E-state index contributed by atoms with van der Waals surface area (Å²) in [5, 5.41) is 6.47. The average molecular weight is 514 g/mol. The lowest BCUT2D eigenvalue weighted by molar-refractivity contribution is -0.0153. The van der Waals surface area contributed by atoms with Gasteiger partial charge in [-0.3, -0.25) is 9.59 Å². The highest BCUT2D eigenvalue weighted by atomic mass is 19.1. The van der Waals surface area contributed by atoms with E-state index in [0.717, 1.165) is 25.7 Å². The first-order valence-corrected chi connectivity index (χ1v) is 12.7. The molecule has 6 rings (SSSR count). The number of nitrogens with two attached hydrogens (primary N) is 1. The molecule has 2 saturated carbocycles. The van der Waals surface area contributed by atoms with Crippen molar-refractivity contribution in [2.24, 2.45) is 5.92 Å². The second kappa shape index (κ2) is 8.90. The van der Waals surface area contributed by atoms with Gasteiger partial charge < -0.3 is 25.5 Å². The summed E-state index contributed by atoms with van der Waals surface area (Å²) in [6, 6.07) is 14.6. The zero-order valence-electron chi connectivity index (χ0n) is 21.2. The molecule has 4 N–H and O–H groups in total. The van der Waals surface area contributed by atoms with Crippen LogP contribution in [-0.4, -0.2) is 31.5 Å².